The van der Waals surface area contributed by atoms with E-state index >= 15 is 0 Å². The van der Waals surface area contributed by atoms with Crippen LogP contribution in [0.1, 0.15) is 22.2 Å². The molecule has 0 bridgehead atoms. The Balaban J connectivity index is 1.56. The molecule has 1 atom stereocenters. The van der Waals surface area contributed by atoms with Crippen LogP contribution in [0.2, 0.25) is 0 Å². The number of carbonyl (C=O) groups is 1. The lowest BCUT2D eigenvalue weighted by Crippen LogP contribution is -2.41. The average molecular weight is 378 g/mol. The maximum atomic E-state index is 12.2. The molecular formula is C22H22N2O4. The molecule has 0 radical (unpaired) electrons. The normalized spacial score (nSPS) is 15.5. The zero-order chi connectivity index (χ0) is 19.3. The van der Waals surface area contributed by atoms with E-state index in [4.69, 9.17) is 13.9 Å². The minimum absolute atomic E-state index is 0.0429. The highest BCUT2D eigenvalue weighted by Crippen LogP contribution is 2.41. The van der Waals surface area contributed by atoms with Gasteiger partial charge in [0.25, 0.3) is 5.91 Å². The largest absolute Gasteiger partial charge is 0.497 e. The Labute approximate surface area is 163 Å². The molecule has 0 fully saturated rings. The number of rotatable bonds is 6. The van der Waals surface area contributed by atoms with Gasteiger partial charge in [-0.15, -0.1) is 0 Å². The number of benzene rings is 2. The molecule has 144 valence electrons. The third-order valence-corrected chi connectivity index (χ3v) is 4.82. The minimum Gasteiger partial charge on any atom is -0.497 e. The third kappa shape index (κ3) is 3.67. The summed E-state index contributed by atoms with van der Waals surface area (Å²) in [6, 6.07) is 19.4. The number of hydrogen-bond donors (Lipinski definition) is 1. The zero-order valence-corrected chi connectivity index (χ0v) is 15.6. The Morgan fingerprint density at radius 2 is 2.04 bits per heavy atom. The van der Waals surface area contributed by atoms with Gasteiger partial charge in [-0.1, -0.05) is 30.3 Å². The second-order valence-corrected chi connectivity index (χ2v) is 6.50. The quantitative estimate of drug-likeness (QED) is 0.709. The van der Waals surface area contributed by atoms with Crippen LogP contribution in [-0.4, -0.2) is 32.7 Å². The van der Waals surface area contributed by atoms with E-state index in [1.807, 2.05) is 36.4 Å². The molecule has 4 rings (SSSR count). The van der Waals surface area contributed by atoms with E-state index in [9.17, 15) is 4.79 Å². The highest BCUT2D eigenvalue weighted by Gasteiger charge is 2.29. The summed E-state index contributed by atoms with van der Waals surface area (Å²) in [5.74, 6) is 1.66. The first-order valence-corrected chi connectivity index (χ1v) is 9.20. The lowest BCUT2D eigenvalue weighted by molar-refractivity contribution is 0.0926. The fourth-order valence-electron chi connectivity index (χ4n) is 3.41. The van der Waals surface area contributed by atoms with E-state index in [0.717, 1.165) is 22.7 Å². The standard InChI is InChI=1S/C22H22N2O4/c1-26-17-9-10-20-18(14-17)24(12-11-23-22(25)21-8-5-13-27-21)19(15-28-20)16-6-3-2-4-7-16/h2-10,13-14,19H,11-12,15H2,1H3,(H,23,25). The lowest BCUT2D eigenvalue weighted by Gasteiger charge is -2.39. The highest BCUT2D eigenvalue weighted by atomic mass is 16.5. The molecule has 1 aliphatic rings. The Kier molecular flexibility index (Phi) is 5.19. The number of fused-ring (bicyclic) bond motifs is 1. The highest BCUT2D eigenvalue weighted by molar-refractivity contribution is 5.91. The molecule has 0 spiro atoms. The van der Waals surface area contributed by atoms with Crippen molar-refractivity contribution in [3.05, 3.63) is 78.3 Å². The first-order chi connectivity index (χ1) is 13.8. The molecule has 3 aromatic rings. The van der Waals surface area contributed by atoms with Gasteiger partial charge in [0.15, 0.2) is 5.76 Å². The number of amides is 1. The van der Waals surface area contributed by atoms with Crippen LogP contribution in [-0.2, 0) is 0 Å². The number of carbonyl (C=O) groups excluding carboxylic acids is 1. The summed E-state index contributed by atoms with van der Waals surface area (Å²) in [5.41, 5.74) is 2.11. The molecule has 2 heterocycles. The number of methoxy groups -OCH3 is 1. The molecule has 6 nitrogen and oxygen atoms in total. The maximum absolute atomic E-state index is 12.2. The van der Waals surface area contributed by atoms with Gasteiger partial charge in [-0.05, 0) is 29.8 Å². The molecule has 0 aliphatic carbocycles. The Bertz CT molecular complexity index is 925. The summed E-state index contributed by atoms with van der Waals surface area (Å²) < 4.78 is 16.6. The smallest absolute Gasteiger partial charge is 0.287 e. The van der Waals surface area contributed by atoms with E-state index in [1.54, 1.807) is 19.2 Å². The van der Waals surface area contributed by atoms with Crippen molar-refractivity contribution in [3.8, 4) is 11.5 Å². The Morgan fingerprint density at radius 1 is 1.18 bits per heavy atom. The number of hydrogen-bond acceptors (Lipinski definition) is 5. The van der Waals surface area contributed by atoms with Crippen molar-refractivity contribution < 1.29 is 18.7 Å². The summed E-state index contributed by atoms with van der Waals surface area (Å²) in [6.07, 6.45) is 1.49. The van der Waals surface area contributed by atoms with Crippen molar-refractivity contribution in [1.82, 2.24) is 5.32 Å². The van der Waals surface area contributed by atoms with Crippen molar-refractivity contribution in [3.63, 3.8) is 0 Å². The average Bonchev–Trinajstić information content (AvgIpc) is 3.29. The molecule has 1 amide bonds. The maximum Gasteiger partial charge on any atom is 0.287 e. The van der Waals surface area contributed by atoms with E-state index in [-0.39, 0.29) is 11.9 Å². The van der Waals surface area contributed by atoms with E-state index in [2.05, 4.69) is 22.3 Å². The van der Waals surface area contributed by atoms with Crippen molar-refractivity contribution in [2.24, 2.45) is 0 Å². The molecule has 0 saturated carbocycles. The lowest BCUT2D eigenvalue weighted by atomic mass is 10.0. The number of nitrogens with zero attached hydrogens (tertiary/aromatic N) is 1. The third-order valence-electron chi connectivity index (χ3n) is 4.82. The van der Waals surface area contributed by atoms with Crippen molar-refractivity contribution in [2.45, 2.75) is 6.04 Å². The summed E-state index contributed by atoms with van der Waals surface area (Å²) in [5, 5.41) is 2.92. The van der Waals surface area contributed by atoms with E-state index in [1.165, 1.54) is 6.26 Å². The second-order valence-electron chi connectivity index (χ2n) is 6.50. The summed E-state index contributed by atoms with van der Waals surface area (Å²) in [6.45, 7) is 1.63. The van der Waals surface area contributed by atoms with E-state index in [0.29, 0.717) is 25.5 Å². The van der Waals surface area contributed by atoms with Gasteiger partial charge >= 0.3 is 0 Å². The molecule has 1 N–H and O–H groups in total. The first-order valence-electron chi connectivity index (χ1n) is 9.20. The summed E-state index contributed by atoms with van der Waals surface area (Å²) in [4.78, 5) is 14.4. The van der Waals surface area contributed by atoms with Crippen molar-refractivity contribution in [1.29, 1.82) is 0 Å². The van der Waals surface area contributed by atoms with Gasteiger partial charge in [0.2, 0.25) is 0 Å². The monoisotopic (exact) mass is 378 g/mol. The fourth-order valence-corrected chi connectivity index (χ4v) is 3.41. The number of ether oxygens (including phenoxy) is 2. The van der Waals surface area contributed by atoms with Gasteiger partial charge in [-0.2, -0.15) is 0 Å². The van der Waals surface area contributed by atoms with Crippen molar-refractivity contribution in [2.75, 3.05) is 31.7 Å². The second kappa shape index (κ2) is 8.08. The van der Waals surface area contributed by atoms with Crippen LogP contribution in [0, 0.1) is 0 Å². The van der Waals surface area contributed by atoms with Crippen LogP contribution < -0.4 is 19.7 Å². The molecular weight excluding hydrogens is 356 g/mol. The topological polar surface area (TPSA) is 63.9 Å². The molecule has 6 heteroatoms. The van der Waals surface area contributed by atoms with Gasteiger partial charge in [0.1, 0.15) is 18.1 Å². The minimum atomic E-state index is -0.222. The molecule has 28 heavy (non-hydrogen) atoms. The zero-order valence-electron chi connectivity index (χ0n) is 15.6. The van der Waals surface area contributed by atoms with Crippen LogP contribution >= 0.6 is 0 Å². The SMILES string of the molecule is COc1ccc2c(c1)N(CCNC(=O)c1ccco1)C(c1ccccc1)CO2. The fraction of sp³-hybridized carbons (Fsp3) is 0.227. The number of anilines is 1. The van der Waals surface area contributed by atoms with Crippen molar-refractivity contribution >= 4 is 11.6 Å². The van der Waals surface area contributed by atoms with Crippen LogP contribution in [0.3, 0.4) is 0 Å². The summed E-state index contributed by atoms with van der Waals surface area (Å²) in [7, 11) is 1.65. The van der Waals surface area contributed by atoms with Gasteiger partial charge < -0.3 is 24.1 Å². The van der Waals surface area contributed by atoms with Crippen LogP contribution in [0.25, 0.3) is 0 Å². The van der Waals surface area contributed by atoms with E-state index < -0.39 is 0 Å². The Hall–Kier alpha value is -3.41. The number of furan rings is 1. The molecule has 0 saturated heterocycles. The number of nitrogens with one attached hydrogen (secondary N) is 1. The van der Waals surface area contributed by atoms with Gasteiger partial charge in [-0.25, -0.2) is 0 Å². The first kappa shape index (κ1) is 18.0. The molecule has 2 aromatic carbocycles. The summed E-state index contributed by atoms with van der Waals surface area (Å²) >= 11 is 0. The molecule has 1 aliphatic heterocycles. The van der Waals surface area contributed by atoms with Crippen LogP contribution in [0.5, 0.6) is 11.5 Å². The Morgan fingerprint density at radius 3 is 2.79 bits per heavy atom. The van der Waals surface area contributed by atoms with Crippen LogP contribution in [0.15, 0.2) is 71.3 Å². The molecule has 1 unspecified atom stereocenters. The van der Waals surface area contributed by atoms with Crippen LogP contribution in [0.4, 0.5) is 5.69 Å². The van der Waals surface area contributed by atoms with Gasteiger partial charge in [0.05, 0.1) is 25.1 Å². The van der Waals surface area contributed by atoms with Gasteiger partial charge in [0, 0.05) is 19.2 Å². The predicted molar refractivity (Wildman–Crippen MR) is 106 cm³/mol. The predicted octanol–water partition coefficient (Wildman–Crippen LogP) is 3.66. The van der Waals surface area contributed by atoms with Gasteiger partial charge in [-0.3, -0.25) is 4.79 Å². The molecule has 1 aromatic heterocycles.